The summed E-state index contributed by atoms with van der Waals surface area (Å²) < 4.78 is 0. The highest BCUT2D eigenvalue weighted by Gasteiger charge is 2.23. The molecule has 1 atom stereocenters. The Labute approximate surface area is 155 Å². The quantitative estimate of drug-likeness (QED) is 0.684. The van der Waals surface area contributed by atoms with E-state index in [4.69, 9.17) is 0 Å². The molecule has 1 aliphatic carbocycles. The summed E-state index contributed by atoms with van der Waals surface area (Å²) in [4.78, 5) is 22.2. The van der Waals surface area contributed by atoms with Crippen LogP contribution < -0.4 is 5.56 Å². The molecule has 2 heterocycles. The lowest BCUT2D eigenvalue weighted by molar-refractivity contribution is 0.509. The van der Waals surface area contributed by atoms with Crippen LogP contribution in [0.5, 0.6) is 0 Å². The fourth-order valence-corrected chi connectivity index (χ4v) is 4.94. The van der Waals surface area contributed by atoms with Gasteiger partial charge in [-0.3, -0.25) is 4.79 Å². The number of nitrogens with zero attached hydrogens (tertiary/aromatic N) is 2. The maximum absolute atomic E-state index is 12.7. The average Bonchev–Trinajstić information content (AvgIpc) is 2.97. The van der Waals surface area contributed by atoms with E-state index in [1.54, 1.807) is 17.4 Å². The molecule has 26 heavy (non-hydrogen) atoms. The van der Waals surface area contributed by atoms with E-state index < -0.39 is 0 Å². The van der Waals surface area contributed by atoms with Gasteiger partial charge < -0.3 is 4.98 Å². The van der Waals surface area contributed by atoms with E-state index in [-0.39, 0.29) is 5.56 Å². The first kappa shape index (κ1) is 16.7. The van der Waals surface area contributed by atoms with E-state index >= 15 is 0 Å². The van der Waals surface area contributed by atoms with Crippen molar-refractivity contribution in [1.82, 2.24) is 9.97 Å². The van der Waals surface area contributed by atoms with E-state index in [9.17, 15) is 10.1 Å². The van der Waals surface area contributed by atoms with E-state index in [1.807, 2.05) is 31.2 Å². The monoisotopic (exact) mass is 361 g/mol. The second-order valence-electron chi connectivity index (χ2n) is 7.03. The Hall–Kier alpha value is -2.71. The van der Waals surface area contributed by atoms with Gasteiger partial charge in [-0.05, 0) is 49.3 Å². The molecule has 1 aromatic carbocycles. The first-order chi connectivity index (χ1) is 12.5. The van der Waals surface area contributed by atoms with Crippen LogP contribution in [0.4, 0.5) is 0 Å². The highest BCUT2D eigenvalue weighted by molar-refractivity contribution is 7.18. The van der Waals surface area contributed by atoms with E-state index in [0.717, 1.165) is 40.8 Å². The number of nitriles is 1. The van der Waals surface area contributed by atoms with Crippen LogP contribution in [0.25, 0.3) is 21.9 Å². The number of allylic oxidation sites excluding steroid dienone is 1. The molecule has 1 N–H and O–H groups in total. The lowest BCUT2D eigenvalue weighted by Gasteiger charge is -2.17. The number of aromatic amines is 1. The fraction of sp³-hybridized carbons (Fsp3) is 0.286. The van der Waals surface area contributed by atoms with Crippen molar-refractivity contribution < 1.29 is 0 Å². The van der Waals surface area contributed by atoms with Gasteiger partial charge in [0.05, 0.1) is 11.0 Å². The van der Waals surface area contributed by atoms with Crippen LogP contribution in [0, 0.1) is 24.2 Å². The third-order valence-corrected chi connectivity index (χ3v) is 6.04. The summed E-state index contributed by atoms with van der Waals surface area (Å²) in [7, 11) is 0. The van der Waals surface area contributed by atoms with Crippen molar-refractivity contribution in [2.45, 2.75) is 33.1 Å². The van der Waals surface area contributed by atoms with Crippen LogP contribution in [0.1, 0.15) is 40.7 Å². The molecule has 1 unspecified atom stereocenters. The maximum atomic E-state index is 12.7. The average molecular weight is 361 g/mol. The Morgan fingerprint density at radius 1 is 1.46 bits per heavy atom. The molecule has 4 rings (SSSR count). The second kappa shape index (κ2) is 6.54. The molecule has 0 aliphatic heterocycles. The summed E-state index contributed by atoms with van der Waals surface area (Å²) in [6.45, 7) is 4.25. The van der Waals surface area contributed by atoms with Gasteiger partial charge in [0.1, 0.15) is 10.9 Å². The molecule has 5 heteroatoms. The number of hydrogen-bond acceptors (Lipinski definition) is 4. The third kappa shape index (κ3) is 2.97. The number of H-pyrrole nitrogens is 1. The molecule has 0 amide bonds. The van der Waals surface area contributed by atoms with Gasteiger partial charge in [-0.15, -0.1) is 11.3 Å². The fourth-order valence-electron chi connectivity index (χ4n) is 3.56. The largest absolute Gasteiger partial charge is 0.305 e. The van der Waals surface area contributed by atoms with Crippen molar-refractivity contribution >= 4 is 33.2 Å². The Morgan fingerprint density at radius 2 is 2.31 bits per heavy atom. The van der Waals surface area contributed by atoms with E-state index in [2.05, 4.69) is 23.0 Å². The topological polar surface area (TPSA) is 69.5 Å². The van der Waals surface area contributed by atoms with Crippen molar-refractivity contribution in [2.24, 2.45) is 5.92 Å². The molecule has 0 spiro atoms. The number of aryl methyl sites for hydroxylation is 2. The minimum absolute atomic E-state index is 0.137. The van der Waals surface area contributed by atoms with Gasteiger partial charge in [-0.1, -0.05) is 36.8 Å². The van der Waals surface area contributed by atoms with Crippen molar-refractivity contribution in [3.63, 3.8) is 0 Å². The molecular formula is C21H19N3OS. The normalized spacial score (nSPS) is 17.1. The highest BCUT2D eigenvalue weighted by Crippen LogP contribution is 2.35. The predicted octanol–water partition coefficient (Wildman–Crippen LogP) is 4.48. The first-order valence-electron chi connectivity index (χ1n) is 8.78. The number of fused-ring (bicyclic) bond motifs is 3. The van der Waals surface area contributed by atoms with Gasteiger partial charge in [-0.2, -0.15) is 5.26 Å². The standard InChI is InChI=1S/C21H19N3OS/c1-12-4-3-5-14(8-12)10-15(11-22)19-23-20(25)18-16-7-6-13(2)9-17(16)26-21(18)24-19/h3-5,8,10,13H,6-7,9H2,1-2H3,(H,23,24,25). The lowest BCUT2D eigenvalue weighted by atomic mass is 9.89. The smallest absolute Gasteiger partial charge is 0.260 e. The van der Waals surface area contributed by atoms with Crippen molar-refractivity contribution in [2.75, 3.05) is 0 Å². The van der Waals surface area contributed by atoms with Gasteiger partial charge in [0, 0.05) is 4.88 Å². The molecule has 2 aromatic heterocycles. The highest BCUT2D eigenvalue weighted by atomic mass is 32.1. The number of hydrogen-bond donors (Lipinski definition) is 1. The predicted molar refractivity (Wildman–Crippen MR) is 106 cm³/mol. The Kier molecular flexibility index (Phi) is 4.21. The summed E-state index contributed by atoms with van der Waals surface area (Å²) in [6.07, 6.45) is 4.82. The molecule has 0 fully saturated rings. The second-order valence-corrected chi connectivity index (χ2v) is 8.11. The van der Waals surface area contributed by atoms with Gasteiger partial charge in [0.15, 0.2) is 5.82 Å². The molecule has 0 saturated carbocycles. The van der Waals surface area contributed by atoms with Crippen molar-refractivity contribution in [1.29, 1.82) is 5.26 Å². The van der Waals surface area contributed by atoms with Gasteiger partial charge in [0.2, 0.25) is 0 Å². The molecule has 0 saturated heterocycles. The van der Waals surface area contributed by atoms with Crippen LogP contribution in [-0.2, 0) is 12.8 Å². The minimum atomic E-state index is -0.137. The molecule has 0 bridgehead atoms. The summed E-state index contributed by atoms with van der Waals surface area (Å²) in [5.41, 5.74) is 3.43. The molecule has 130 valence electrons. The summed E-state index contributed by atoms with van der Waals surface area (Å²) in [5, 5.41) is 10.3. The number of benzene rings is 1. The minimum Gasteiger partial charge on any atom is -0.305 e. The Morgan fingerprint density at radius 3 is 3.08 bits per heavy atom. The van der Waals surface area contributed by atoms with Gasteiger partial charge in [-0.25, -0.2) is 4.98 Å². The Balaban J connectivity index is 1.84. The van der Waals surface area contributed by atoms with Crippen molar-refractivity contribution in [3.05, 3.63) is 62.0 Å². The van der Waals surface area contributed by atoms with Crippen molar-refractivity contribution in [3.8, 4) is 6.07 Å². The lowest BCUT2D eigenvalue weighted by Crippen LogP contribution is -2.14. The van der Waals surface area contributed by atoms with Crippen LogP contribution in [-0.4, -0.2) is 9.97 Å². The number of nitrogens with one attached hydrogen (secondary N) is 1. The van der Waals surface area contributed by atoms with Crippen LogP contribution in [0.2, 0.25) is 0 Å². The Bertz CT molecular complexity index is 1130. The van der Waals surface area contributed by atoms with E-state index in [1.165, 1.54) is 4.88 Å². The van der Waals surface area contributed by atoms with Crippen LogP contribution in [0.3, 0.4) is 0 Å². The SMILES string of the molecule is Cc1cccc(C=C(C#N)c2nc3sc4c(c3c(=O)[nH]2)CCC(C)C4)c1. The zero-order valence-electron chi connectivity index (χ0n) is 14.8. The van der Waals surface area contributed by atoms with Gasteiger partial charge in [0.25, 0.3) is 5.56 Å². The third-order valence-electron chi connectivity index (χ3n) is 4.89. The molecular weight excluding hydrogens is 342 g/mol. The molecule has 1 aliphatic rings. The summed E-state index contributed by atoms with van der Waals surface area (Å²) >= 11 is 1.60. The molecule has 3 aromatic rings. The number of aromatic nitrogens is 2. The number of rotatable bonds is 2. The first-order valence-corrected chi connectivity index (χ1v) is 9.60. The van der Waals surface area contributed by atoms with E-state index in [0.29, 0.717) is 22.7 Å². The molecule has 0 radical (unpaired) electrons. The number of thiophene rings is 1. The van der Waals surface area contributed by atoms with Crippen LogP contribution in [0.15, 0.2) is 29.1 Å². The summed E-state index contributed by atoms with van der Waals surface area (Å²) in [5.74, 6) is 0.989. The summed E-state index contributed by atoms with van der Waals surface area (Å²) in [6, 6.07) is 10.1. The molecule has 4 nitrogen and oxygen atoms in total. The zero-order chi connectivity index (χ0) is 18.3. The van der Waals surface area contributed by atoms with Gasteiger partial charge >= 0.3 is 0 Å². The zero-order valence-corrected chi connectivity index (χ0v) is 15.6. The van der Waals surface area contributed by atoms with Crippen LogP contribution >= 0.6 is 11.3 Å². The maximum Gasteiger partial charge on any atom is 0.260 e.